The van der Waals surface area contributed by atoms with Crippen molar-refractivity contribution >= 4 is 0 Å². The summed E-state index contributed by atoms with van der Waals surface area (Å²) in [5, 5.41) is 3.61. The molecule has 0 heterocycles. The van der Waals surface area contributed by atoms with Crippen LogP contribution in [0.2, 0.25) is 0 Å². The summed E-state index contributed by atoms with van der Waals surface area (Å²) < 4.78 is 0. The molecule has 0 saturated carbocycles. The van der Waals surface area contributed by atoms with Crippen molar-refractivity contribution in [3.63, 3.8) is 0 Å². The first-order valence-electron chi connectivity index (χ1n) is 6.39. The molecule has 15 heavy (non-hydrogen) atoms. The molecule has 0 aromatic heterocycles. The zero-order valence-electron chi connectivity index (χ0n) is 10.4. The Labute approximate surface area is 94.6 Å². The van der Waals surface area contributed by atoms with Gasteiger partial charge in [0, 0.05) is 6.04 Å². The monoisotopic (exact) mass is 207 g/mol. The van der Waals surface area contributed by atoms with Crippen LogP contribution in [0.1, 0.15) is 46.5 Å². The second kappa shape index (κ2) is 6.84. The highest BCUT2D eigenvalue weighted by Gasteiger charge is 2.18. The Morgan fingerprint density at radius 2 is 2.13 bits per heavy atom. The molecule has 86 valence electrons. The first-order chi connectivity index (χ1) is 7.29. The number of allylic oxidation sites excluding steroid dienone is 3. The van der Waals surface area contributed by atoms with E-state index in [9.17, 15) is 0 Å². The van der Waals surface area contributed by atoms with Gasteiger partial charge >= 0.3 is 0 Å². The quantitative estimate of drug-likeness (QED) is 0.700. The Bertz CT molecular complexity index is 227. The molecule has 0 spiro atoms. The molecule has 1 nitrogen and oxygen atoms in total. The molecule has 1 rings (SSSR count). The van der Waals surface area contributed by atoms with Gasteiger partial charge in [0.25, 0.3) is 0 Å². The van der Waals surface area contributed by atoms with Gasteiger partial charge in [0.1, 0.15) is 0 Å². The molecule has 0 saturated heterocycles. The molecule has 0 fully saturated rings. The van der Waals surface area contributed by atoms with Crippen molar-refractivity contribution in [3.8, 4) is 0 Å². The lowest BCUT2D eigenvalue weighted by atomic mass is 9.87. The van der Waals surface area contributed by atoms with Gasteiger partial charge in [-0.15, -0.1) is 0 Å². The summed E-state index contributed by atoms with van der Waals surface area (Å²) in [5.41, 5.74) is 1.54. The molecule has 1 heteroatoms. The molecule has 1 aliphatic rings. The Kier molecular flexibility index (Phi) is 5.70. The number of rotatable bonds is 6. The summed E-state index contributed by atoms with van der Waals surface area (Å²) in [6.07, 6.45) is 11.9. The van der Waals surface area contributed by atoms with Crippen molar-refractivity contribution < 1.29 is 0 Å². The van der Waals surface area contributed by atoms with Crippen LogP contribution < -0.4 is 5.32 Å². The predicted octanol–water partition coefficient (Wildman–Crippen LogP) is 3.68. The maximum Gasteiger partial charge on any atom is 0.0107 e. The minimum Gasteiger partial charge on any atom is -0.314 e. The third kappa shape index (κ3) is 3.83. The van der Waals surface area contributed by atoms with Gasteiger partial charge in [-0.25, -0.2) is 0 Å². The fourth-order valence-electron chi connectivity index (χ4n) is 2.30. The lowest BCUT2D eigenvalue weighted by Crippen LogP contribution is -2.34. The van der Waals surface area contributed by atoms with E-state index in [0.717, 1.165) is 6.54 Å². The van der Waals surface area contributed by atoms with Gasteiger partial charge in [0.15, 0.2) is 0 Å². The Morgan fingerprint density at radius 3 is 2.67 bits per heavy atom. The second-order valence-electron chi connectivity index (χ2n) is 4.44. The van der Waals surface area contributed by atoms with Crippen LogP contribution in [-0.2, 0) is 0 Å². The highest BCUT2D eigenvalue weighted by atomic mass is 14.9. The van der Waals surface area contributed by atoms with Crippen molar-refractivity contribution in [1.29, 1.82) is 0 Å². The fourth-order valence-corrected chi connectivity index (χ4v) is 2.30. The average Bonchev–Trinajstić information content (AvgIpc) is 2.29. The first-order valence-corrected chi connectivity index (χ1v) is 6.39. The summed E-state index contributed by atoms with van der Waals surface area (Å²) in [6, 6.07) is 0.601. The van der Waals surface area contributed by atoms with Crippen LogP contribution in [-0.4, -0.2) is 12.6 Å². The average molecular weight is 207 g/mol. The van der Waals surface area contributed by atoms with E-state index < -0.39 is 0 Å². The van der Waals surface area contributed by atoms with E-state index in [0.29, 0.717) is 12.0 Å². The topological polar surface area (TPSA) is 12.0 Å². The number of hydrogen-bond acceptors (Lipinski definition) is 1. The summed E-state index contributed by atoms with van der Waals surface area (Å²) in [7, 11) is 0. The van der Waals surface area contributed by atoms with Crippen LogP contribution >= 0.6 is 0 Å². The van der Waals surface area contributed by atoms with Crippen LogP contribution in [0.4, 0.5) is 0 Å². The minimum atomic E-state index is 0.601. The van der Waals surface area contributed by atoms with Crippen molar-refractivity contribution in [2.75, 3.05) is 6.54 Å². The SMILES string of the molecule is CCCNC(C)C(CC)C1=CCCC=C1. The molecule has 0 aromatic rings. The molecule has 0 aliphatic heterocycles. The molecule has 0 amide bonds. The summed E-state index contributed by atoms with van der Waals surface area (Å²) >= 11 is 0. The maximum atomic E-state index is 3.61. The molecule has 2 atom stereocenters. The molecule has 0 bridgehead atoms. The fraction of sp³-hybridized carbons (Fsp3) is 0.714. The molecular formula is C14H25N. The van der Waals surface area contributed by atoms with Crippen molar-refractivity contribution in [1.82, 2.24) is 5.32 Å². The first kappa shape index (κ1) is 12.5. The Balaban J connectivity index is 2.53. The number of hydrogen-bond donors (Lipinski definition) is 1. The van der Waals surface area contributed by atoms with E-state index in [2.05, 4.69) is 44.3 Å². The van der Waals surface area contributed by atoms with Crippen molar-refractivity contribution in [3.05, 3.63) is 23.8 Å². The smallest absolute Gasteiger partial charge is 0.0107 e. The molecule has 1 aliphatic carbocycles. The minimum absolute atomic E-state index is 0.601. The predicted molar refractivity (Wildman–Crippen MR) is 68.0 cm³/mol. The third-order valence-corrected chi connectivity index (χ3v) is 3.21. The van der Waals surface area contributed by atoms with Crippen LogP contribution in [0.25, 0.3) is 0 Å². The van der Waals surface area contributed by atoms with Crippen LogP contribution in [0, 0.1) is 5.92 Å². The van der Waals surface area contributed by atoms with Gasteiger partial charge in [0.05, 0.1) is 0 Å². The van der Waals surface area contributed by atoms with Gasteiger partial charge in [0.2, 0.25) is 0 Å². The van der Waals surface area contributed by atoms with Crippen molar-refractivity contribution in [2.24, 2.45) is 5.92 Å². The van der Waals surface area contributed by atoms with Crippen LogP contribution in [0.3, 0.4) is 0 Å². The zero-order valence-corrected chi connectivity index (χ0v) is 10.4. The van der Waals surface area contributed by atoms with E-state index in [1.54, 1.807) is 5.57 Å². The number of nitrogens with one attached hydrogen (secondary N) is 1. The van der Waals surface area contributed by atoms with Crippen molar-refractivity contribution in [2.45, 2.75) is 52.5 Å². The summed E-state index contributed by atoms with van der Waals surface area (Å²) in [4.78, 5) is 0. The molecule has 0 radical (unpaired) electrons. The Hall–Kier alpha value is -0.560. The normalized spacial score (nSPS) is 19.8. The largest absolute Gasteiger partial charge is 0.314 e. The van der Waals surface area contributed by atoms with E-state index in [1.165, 1.54) is 25.7 Å². The third-order valence-electron chi connectivity index (χ3n) is 3.21. The van der Waals surface area contributed by atoms with Gasteiger partial charge in [-0.05, 0) is 50.6 Å². The Morgan fingerprint density at radius 1 is 1.33 bits per heavy atom. The maximum absolute atomic E-state index is 3.61. The van der Waals surface area contributed by atoms with E-state index in [4.69, 9.17) is 0 Å². The molecule has 1 N–H and O–H groups in total. The van der Waals surface area contributed by atoms with Crippen LogP contribution in [0.5, 0.6) is 0 Å². The summed E-state index contributed by atoms with van der Waals surface area (Å²) in [6.45, 7) is 7.96. The van der Waals surface area contributed by atoms with Gasteiger partial charge in [-0.3, -0.25) is 0 Å². The van der Waals surface area contributed by atoms with E-state index >= 15 is 0 Å². The van der Waals surface area contributed by atoms with Crippen LogP contribution in [0.15, 0.2) is 23.8 Å². The highest BCUT2D eigenvalue weighted by Crippen LogP contribution is 2.24. The molecule has 2 unspecified atom stereocenters. The molecule has 0 aromatic carbocycles. The van der Waals surface area contributed by atoms with E-state index in [-0.39, 0.29) is 0 Å². The summed E-state index contributed by atoms with van der Waals surface area (Å²) in [5.74, 6) is 0.688. The lowest BCUT2D eigenvalue weighted by Gasteiger charge is -2.26. The zero-order chi connectivity index (χ0) is 11.1. The van der Waals surface area contributed by atoms with Gasteiger partial charge < -0.3 is 5.32 Å². The lowest BCUT2D eigenvalue weighted by molar-refractivity contribution is 0.413. The van der Waals surface area contributed by atoms with E-state index in [1.807, 2.05) is 0 Å². The molecular weight excluding hydrogens is 182 g/mol. The second-order valence-corrected chi connectivity index (χ2v) is 4.44. The highest BCUT2D eigenvalue weighted by molar-refractivity contribution is 5.26. The standard InChI is InChI=1S/C14H25N/c1-4-11-15-12(3)14(5-2)13-9-7-6-8-10-13/h7,9-10,12,14-15H,4-6,8,11H2,1-3H3. The van der Waals surface area contributed by atoms with Gasteiger partial charge in [-0.1, -0.05) is 32.1 Å². The van der Waals surface area contributed by atoms with Gasteiger partial charge in [-0.2, -0.15) is 0 Å².